The van der Waals surface area contributed by atoms with Crippen molar-refractivity contribution in [3.8, 4) is 0 Å². The molecule has 2 amide bonds. The van der Waals surface area contributed by atoms with Gasteiger partial charge in [-0.1, -0.05) is 77.6 Å². The zero-order valence-electron chi connectivity index (χ0n) is 19.0. The number of hydroxylamine groups is 1. The molecule has 0 aromatic heterocycles. The van der Waals surface area contributed by atoms with Crippen molar-refractivity contribution in [1.82, 2.24) is 10.8 Å². The lowest BCUT2D eigenvalue weighted by atomic mass is 10.1. The van der Waals surface area contributed by atoms with Gasteiger partial charge in [0.2, 0.25) is 0 Å². The van der Waals surface area contributed by atoms with Gasteiger partial charge in [0.1, 0.15) is 0 Å². The fraction of sp³-hybridized carbons (Fsp3) is 0.909. The molecule has 0 heterocycles. The normalized spacial score (nSPS) is 11.3. The molecule has 0 bridgehead atoms. The average molecular weight is 401 g/mol. The first-order valence-corrected chi connectivity index (χ1v) is 11.4. The number of nitrogens with zero attached hydrogens (tertiary/aromatic N) is 1. The molecule has 166 valence electrons. The van der Waals surface area contributed by atoms with Gasteiger partial charge >= 0.3 is 12.0 Å². The molecule has 0 aromatic rings. The van der Waals surface area contributed by atoms with Crippen LogP contribution in [0.1, 0.15) is 96.8 Å². The molecule has 0 radical (unpaired) electrons. The van der Waals surface area contributed by atoms with Crippen LogP contribution in [0.15, 0.2) is 0 Å². The van der Waals surface area contributed by atoms with Gasteiger partial charge < -0.3 is 14.6 Å². The van der Waals surface area contributed by atoms with Gasteiger partial charge in [-0.15, -0.1) is 0 Å². The Labute approximate surface area is 173 Å². The minimum atomic E-state index is -0.442. The Morgan fingerprint density at radius 1 is 0.750 bits per heavy atom. The second kappa shape index (κ2) is 17.8. The molecule has 0 fully saturated rings. The Hall–Kier alpha value is -1.30. The van der Waals surface area contributed by atoms with E-state index in [0.29, 0.717) is 13.0 Å². The summed E-state index contributed by atoms with van der Waals surface area (Å²) < 4.78 is 0.806. The van der Waals surface area contributed by atoms with Crippen LogP contribution in [-0.2, 0) is 9.63 Å². The van der Waals surface area contributed by atoms with Crippen LogP contribution < -0.4 is 10.8 Å². The summed E-state index contributed by atoms with van der Waals surface area (Å²) in [5.41, 5.74) is 2.17. The predicted molar refractivity (Wildman–Crippen MR) is 116 cm³/mol. The zero-order valence-corrected chi connectivity index (χ0v) is 19.0. The van der Waals surface area contributed by atoms with Crippen LogP contribution in [0.5, 0.6) is 0 Å². The number of quaternary nitrogens is 1. The summed E-state index contributed by atoms with van der Waals surface area (Å²) in [5, 5.41) is 2.72. The van der Waals surface area contributed by atoms with Crippen LogP contribution in [0.4, 0.5) is 4.79 Å². The molecule has 0 rings (SSSR count). The number of carbonyl (C=O) groups excluding carboxylic acids is 2. The van der Waals surface area contributed by atoms with E-state index in [1.54, 1.807) is 0 Å². The SMILES string of the molecule is CCCCCCCCCCCCCCNC(=O)NOC(=O)CCC[N+](C)(C)C. The summed E-state index contributed by atoms with van der Waals surface area (Å²) in [6, 6.07) is -0.442. The third-order valence-corrected chi connectivity index (χ3v) is 4.78. The van der Waals surface area contributed by atoms with Gasteiger partial charge in [-0.2, -0.15) is 5.48 Å². The topological polar surface area (TPSA) is 67.4 Å². The maximum absolute atomic E-state index is 11.6. The Morgan fingerprint density at radius 2 is 1.25 bits per heavy atom. The Balaban J connectivity index is 3.34. The summed E-state index contributed by atoms with van der Waals surface area (Å²) in [5.74, 6) is -0.394. The van der Waals surface area contributed by atoms with Gasteiger partial charge in [0.25, 0.3) is 0 Å². The number of nitrogens with one attached hydrogen (secondary N) is 2. The number of carbonyl (C=O) groups is 2. The molecule has 6 heteroatoms. The molecule has 28 heavy (non-hydrogen) atoms. The first-order valence-electron chi connectivity index (χ1n) is 11.4. The van der Waals surface area contributed by atoms with Gasteiger partial charge in [-0.05, 0) is 6.42 Å². The van der Waals surface area contributed by atoms with Crippen LogP contribution in [0.25, 0.3) is 0 Å². The smallest absolute Gasteiger partial charge is 0.339 e. The molecule has 0 aliphatic carbocycles. The van der Waals surface area contributed by atoms with E-state index in [2.05, 4.69) is 38.9 Å². The molecule has 0 saturated carbocycles. The van der Waals surface area contributed by atoms with Gasteiger partial charge in [-0.3, -0.25) is 0 Å². The number of amides is 2. The first kappa shape index (κ1) is 26.7. The summed E-state index contributed by atoms with van der Waals surface area (Å²) >= 11 is 0. The van der Waals surface area contributed by atoms with E-state index in [0.717, 1.165) is 30.3 Å². The molecule has 0 aromatic carbocycles. The highest BCUT2D eigenvalue weighted by Gasteiger charge is 2.11. The molecule has 6 nitrogen and oxygen atoms in total. The summed E-state index contributed by atoms with van der Waals surface area (Å²) in [4.78, 5) is 27.9. The molecule has 0 saturated heterocycles. The molecule has 0 aliphatic rings. The molecule has 0 aliphatic heterocycles. The summed E-state index contributed by atoms with van der Waals surface area (Å²) in [6.45, 7) is 3.76. The summed E-state index contributed by atoms with van der Waals surface area (Å²) in [6.07, 6.45) is 16.6. The largest absolute Gasteiger partial charge is 0.348 e. The number of rotatable bonds is 17. The van der Waals surface area contributed by atoms with E-state index in [9.17, 15) is 9.59 Å². The average Bonchev–Trinajstić information content (AvgIpc) is 2.62. The lowest BCUT2D eigenvalue weighted by Gasteiger charge is -2.23. The minimum absolute atomic E-state index is 0.314. The highest BCUT2D eigenvalue weighted by molar-refractivity contribution is 5.76. The van der Waals surface area contributed by atoms with Crippen molar-refractivity contribution < 1.29 is 18.9 Å². The van der Waals surface area contributed by atoms with Crippen molar-refractivity contribution in [2.24, 2.45) is 0 Å². The molecule has 0 spiro atoms. The van der Waals surface area contributed by atoms with Crippen LogP contribution in [0, 0.1) is 0 Å². The third kappa shape index (κ3) is 21.0. The molecule has 2 N–H and O–H groups in total. The van der Waals surface area contributed by atoms with Gasteiger partial charge in [0.05, 0.1) is 34.1 Å². The van der Waals surface area contributed by atoms with E-state index in [1.807, 2.05) is 0 Å². The monoisotopic (exact) mass is 400 g/mol. The zero-order chi connectivity index (χ0) is 21.1. The van der Waals surface area contributed by atoms with E-state index in [-0.39, 0.29) is 0 Å². The standard InChI is InChI=1S/C22H45N3O3/c1-5-6-7-8-9-10-11-12-13-14-15-16-19-23-22(27)24-28-21(26)18-17-20-25(2,3)4/h5-20H2,1-4H3,(H-,23,24,27)/p+1. The van der Waals surface area contributed by atoms with Crippen molar-refractivity contribution in [2.45, 2.75) is 96.8 Å². The van der Waals surface area contributed by atoms with Crippen molar-refractivity contribution in [3.63, 3.8) is 0 Å². The maximum atomic E-state index is 11.6. The van der Waals surface area contributed by atoms with E-state index in [1.165, 1.54) is 64.2 Å². The van der Waals surface area contributed by atoms with Crippen molar-refractivity contribution >= 4 is 12.0 Å². The lowest BCUT2D eigenvalue weighted by molar-refractivity contribution is -0.870. The third-order valence-electron chi connectivity index (χ3n) is 4.78. The molecular formula is C22H46N3O3+. The first-order chi connectivity index (χ1) is 13.3. The van der Waals surface area contributed by atoms with Crippen LogP contribution in [-0.4, -0.2) is 50.7 Å². The Kier molecular flexibility index (Phi) is 16.9. The number of unbranched alkanes of at least 4 members (excludes halogenated alkanes) is 11. The van der Waals surface area contributed by atoms with Crippen LogP contribution >= 0.6 is 0 Å². The van der Waals surface area contributed by atoms with E-state index in [4.69, 9.17) is 4.84 Å². The minimum Gasteiger partial charge on any atom is -0.339 e. The van der Waals surface area contributed by atoms with Gasteiger partial charge in [0, 0.05) is 13.0 Å². The van der Waals surface area contributed by atoms with E-state index < -0.39 is 12.0 Å². The molecule has 0 atom stereocenters. The fourth-order valence-electron chi connectivity index (χ4n) is 3.06. The second-order valence-electron chi connectivity index (χ2n) is 8.84. The number of hydrogen-bond acceptors (Lipinski definition) is 3. The Morgan fingerprint density at radius 3 is 1.75 bits per heavy atom. The van der Waals surface area contributed by atoms with Crippen molar-refractivity contribution in [2.75, 3.05) is 34.2 Å². The predicted octanol–water partition coefficient (Wildman–Crippen LogP) is 4.93. The quantitative estimate of drug-likeness (QED) is 0.207. The lowest BCUT2D eigenvalue weighted by Crippen LogP contribution is -2.38. The van der Waals surface area contributed by atoms with E-state index >= 15 is 0 Å². The number of urea groups is 1. The van der Waals surface area contributed by atoms with Crippen molar-refractivity contribution in [1.29, 1.82) is 0 Å². The fourth-order valence-corrected chi connectivity index (χ4v) is 3.06. The highest BCUT2D eigenvalue weighted by Crippen LogP contribution is 2.11. The number of hydrogen-bond donors (Lipinski definition) is 2. The Bertz CT molecular complexity index is 395. The van der Waals surface area contributed by atoms with Crippen molar-refractivity contribution in [3.05, 3.63) is 0 Å². The summed E-state index contributed by atoms with van der Waals surface area (Å²) in [7, 11) is 6.23. The highest BCUT2D eigenvalue weighted by atomic mass is 16.7. The van der Waals surface area contributed by atoms with Gasteiger partial charge in [0.15, 0.2) is 0 Å². The molecule has 0 unspecified atom stereocenters. The van der Waals surface area contributed by atoms with Gasteiger partial charge in [-0.25, -0.2) is 9.59 Å². The van der Waals surface area contributed by atoms with Crippen LogP contribution in [0.2, 0.25) is 0 Å². The van der Waals surface area contributed by atoms with Crippen LogP contribution in [0.3, 0.4) is 0 Å². The molecular weight excluding hydrogens is 354 g/mol. The maximum Gasteiger partial charge on any atom is 0.348 e. The second-order valence-corrected chi connectivity index (χ2v) is 8.84.